The van der Waals surface area contributed by atoms with Crippen LogP contribution in [-0.4, -0.2) is 27.4 Å². The highest BCUT2D eigenvalue weighted by Gasteiger charge is 2.35. The van der Waals surface area contributed by atoms with Crippen molar-refractivity contribution in [2.45, 2.75) is 16.8 Å². The summed E-state index contributed by atoms with van der Waals surface area (Å²) in [6.45, 7) is 0. The first-order valence-corrected chi connectivity index (χ1v) is 11.2. The van der Waals surface area contributed by atoms with Crippen molar-refractivity contribution in [2.75, 3.05) is 5.75 Å². The molecule has 1 amide bonds. The molecule has 0 aliphatic carbocycles. The first-order chi connectivity index (χ1) is 14.8. The van der Waals surface area contributed by atoms with Crippen LogP contribution in [0.25, 0.3) is 11.3 Å². The summed E-state index contributed by atoms with van der Waals surface area (Å²) in [6, 6.07) is 17.1. The Morgan fingerprint density at radius 3 is 2.70 bits per heavy atom. The summed E-state index contributed by atoms with van der Waals surface area (Å²) < 4.78 is 11.9. The van der Waals surface area contributed by atoms with E-state index in [-0.39, 0.29) is 17.7 Å². The first kappa shape index (κ1) is 18.9. The van der Waals surface area contributed by atoms with Crippen LogP contribution < -0.4 is 0 Å². The topological polar surface area (TPSA) is 71.8 Å². The molecule has 3 aromatic heterocycles. The zero-order chi connectivity index (χ0) is 20.3. The second-order valence-corrected chi connectivity index (χ2v) is 8.73. The number of carbonyl (C=O) groups is 1. The third-order valence-corrected chi connectivity index (χ3v) is 6.72. The van der Waals surface area contributed by atoms with Gasteiger partial charge in [-0.25, -0.2) is 9.99 Å². The average molecular weight is 436 g/mol. The smallest absolute Gasteiger partial charge is 0.253 e. The maximum atomic E-state index is 13.0. The number of furan rings is 2. The normalized spacial score (nSPS) is 16.1. The summed E-state index contributed by atoms with van der Waals surface area (Å²) in [5, 5.41) is 8.07. The van der Waals surface area contributed by atoms with E-state index in [1.54, 1.807) is 12.5 Å². The molecule has 0 saturated carbocycles. The van der Waals surface area contributed by atoms with Crippen LogP contribution in [0.3, 0.4) is 0 Å². The standard InChI is InChI=1S/C22H17N3O3S2/c26-21(14-30-22-23-17(13-29-22)15-6-2-1-3-7-15)25-18(20-9-5-11-28-20)12-16(24-25)19-8-4-10-27-19/h1-11,13,18H,12,14H2/t18-/m1/s1. The van der Waals surface area contributed by atoms with E-state index in [4.69, 9.17) is 8.83 Å². The lowest BCUT2D eigenvalue weighted by atomic mass is 10.1. The van der Waals surface area contributed by atoms with Gasteiger partial charge in [-0.1, -0.05) is 42.1 Å². The molecule has 6 nitrogen and oxygen atoms in total. The molecule has 0 saturated heterocycles. The molecule has 0 spiro atoms. The predicted molar refractivity (Wildman–Crippen MR) is 116 cm³/mol. The van der Waals surface area contributed by atoms with Gasteiger partial charge < -0.3 is 8.83 Å². The number of rotatable bonds is 6. The molecule has 1 aliphatic heterocycles. The third kappa shape index (κ3) is 3.83. The van der Waals surface area contributed by atoms with Crippen molar-refractivity contribution in [1.82, 2.24) is 9.99 Å². The van der Waals surface area contributed by atoms with Crippen LogP contribution in [0.4, 0.5) is 0 Å². The Hall–Kier alpha value is -3.10. The average Bonchev–Trinajstić information content (AvgIpc) is 3.57. The molecule has 1 aromatic carbocycles. The maximum absolute atomic E-state index is 13.0. The summed E-state index contributed by atoms with van der Waals surface area (Å²) in [5.74, 6) is 1.52. The van der Waals surface area contributed by atoms with Gasteiger partial charge >= 0.3 is 0 Å². The molecule has 4 heterocycles. The van der Waals surface area contributed by atoms with Crippen LogP contribution >= 0.6 is 23.1 Å². The van der Waals surface area contributed by atoms with Gasteiger partial charge in [-0.3, -0.25) is 4.79 Å². The van der Waals surface area contributed by atoms with E-state index in [1.807, 2.05) is 60.0 Å². The fraction of sp³-hybridized carbons (Fsp3) is 0.136. The van der Waals surface area contributed by atoms with E-state index in [0.29, 0.717) is 17.9 Å². The number of thiazole rings is 1. The number of benzene rings is 1. The van der Waals surface area contributed by atoms with Crippen molar-refractivity contribution in [3.05, 3.63) is 84.0 Å². The lowest BCUT2D eigenvalue weighted by Gasteiger charge is -2.19. The lowest BCUT2D eigenvalue weighted by molar-refractivity contribution is -0.130. The SMILES string of the molecule is O=C(CSc1nc(-c2ccccc2)cs1)N1N=C(c2ccco2)C[C@@H]1c1ccco1. The first-order valence-electron chi connectivity index (χ1n) is 9.38. The summed E-state index contributed by atoms with van der Waals surface area (Å²) in [6.07, 6.45) is 3.76. The minimum absolute atomic E-state index is 0.0978. The monoisotopic (exact) mass is 435 g/mol. The Labute approximate surface area is 181 Å². The Bertz CT molecular complexity index is 1150. The van der Waals surface area contributed by atoms with Gasteiger partial charge in [0.25, 0.3) is 5.91 Å². The number of aromatic nitrogens is 1. The Morgan fingerprint density at radius 1 is 1.10 bits per heavy atom. The molecule has 0 N–H and O–H groups in total. The molecule has 30 heavy (non-hydrogen) atoms. The van der Waals surface area contributed by atoms with Crippen molar-refractivity contribution < 1.29 is 13.6 Å². The highest BCUT2D eigenvalue weighted by atomic mass is 32.2. The Morgan fingerprint density at radius 2 is 1.93 bits per heavy atom. The van der Waals surface area contributed by atoms with Crippen molar-refractivity contribution >= 4 is 34.7 Å². The van der Waals surface area contributed by atoms with Crippen LogP contribution in [0.2, 0.25) is 0 Å². The molecule has 0 unspecified atom stereocenters. The largest absolute Gasteiger partial charge is 0.467 e. The quantitative estimate of drug-likeness (QED) is 0.376. The second-order valence-electron chi connectivity index (χ2n) is 6.65. The van der Waals surface area contributed by atoms with E-state index in [9.17, 15) is 4.79 Å². The molecule has 1 atom stereocenters. The van der Waals surface area contributed by atoms with Gasteiger partial charge in [-0.2, -0.15) is 5.10 Å². The van der Waals surface area contributed by atoms with Crippen LogP contribution in [0, 0.1) is 0 Å². The van der Waals surface area contributed by atoms with E-state index < -0.39 is 0 Å². The number of hydrazone groups is 1. The fourth-order valence-electron chi connectivity index (χ4n) is 3.29. The molecule has 150 valence electrons. The van der Waals surface area contributed by atoms with E-state index in [2.05, 4.69) is 10.1 Å². The zero-order valence-electron chi connectivity index (χ0n) is 15.8. The Balaban J connectivity index is 1.31. The van der Waals surface area contributed by atoms with Gasteiger partial charge in [-0.15, -0.1) is 11.3 Å². The van der Waals surface area contributed by atoms with Gasteiger partial charge in [0.15, 0.2) is 4.34 Å². The highest BCUT2D eigenvalue weighted by molar-refractivity contribution is 8.01. The van der Waals surface area contributed by atoms with Gasteiger partial charge in [0.2, 0.25) is 0 Å². The number of hydrogen-bond acceptors (Lipinski definition) is 7. The van der Waals surface area contributed by atoms with Crippen LogP contribution in [0.5, 0.6) is 0 Å². The molecule has 0 bridgehead atoms. The minimum atomic E-state index is -0.274. The lowest BCUT2D eigenvalue weighted by Crippen LogP contribution is -2.28. The molecule has 0 radical (unpaired) electrons. The molecule has 4 aromatic rings. The van der Waals surface area contributed by atoms with Gasteiger partial charge in [0.1, 0.15) is 23.3 Å². The highest BCUT2D eigenvalue weighted by Crippen LogP contribution is 2.35. The number of nitrogens with zero attached hydrogens (tertiary/aromatic N) is 3. The second kappa shape index (κ2) is 8.33. The molecule has 1 aliphatic rings. The fourth-order valence-corrected chi connectivity index (χ4v) is 4.98. The van der Waals surface area contributed by atoms with Gasteiger partial charge in [0, 0.05) is 17.4 Å². The molecular formula is C22H17N3O3S2. The van der Waals surface area contributed by atoms with Crippen molar-refractivity contribution in [2.24, 2.45) is 5.10 Å². The van der Waals surface area contributed by atoms with E-state index >= 15 is 0 Å². The number of thioether (sulfide) groups is 1. The molecule has 0 fully saturated rings. The van der Waals surface area contributed by atoms with Gasteiger partial charge in [-0.05, 0) is 24.3 Å². The van der Waals surface area contributed by atoms with E-state index in [0.717, 1.165) is 21.3 Å². The number of carbonyl (C=O) groups excluding carboxylic acids is 1. The van der Waals surface area contributed by atoms with Crippen LogP contribution in [0.15, 0.2) is 90.8 Å². The Kier molecular flexibility index (Phi) is 5.25. The summed E-state index contributed by atoms with van der Waals surface area (Å²) in [4.78, 5) is 17.7. The maximum Gasteiger partial charge on any atom is 0.253 e. The summed E-state index contributed by atoms with van der Waals surface area (Å²) >= 11 is 2.96. The predicted octanol–water partition coefficient (Wildman–Crippen LogP) is 5.47. The number of hydrogen-bond donors (Lipinski definition) is 0. The molecule has 8 heteroatoms. The van der Waals surface area contributed by atoms with Crippen LogP contribution in [-0.2, 0) is 4.79 Å². The summed E-state index contributed by atoms with van der Waals surface area (Å²) in [7, 11) is 0. The summed E-state index contributed by atoms with van der Waals surface area (Å²) in [5.41, 5.74) is 2.72. The minimum Gasteiger partial charge on any atom is -0.467 e. The van der Waals surface area contributed by atoms with Crippen molar-refractivity contribution in [1.29, 1.82) is 0 Å². The number of amides is 1. The van der Waals surface area contributed by atoms with Gasteiger partial charge in [0.05, 0.1) is 24.0 Å². The third-order valence-electron chi connectivity index (χ3n) is 4.71. The van der Waals surface area contributed by atoms with Crippen LogP contribution in [0.1, 0.15) is 24.0 Å². The molecular weight excluding hydrogens is 418 g/mol. The zero-order valence-corrected chi connectivity index (χ0v) is 17.4. The van der Waals surface area contributed by atoms with E-state index in [1.165, 1.54) is 28.1 Å². The molecule has 5 rings (SSSR count). The van der Waals surface area contributed by atoms with Crippen molar-refractivity contribution in [3.63, 3.8) is 0 Å². The van der Waals surface area contributed by atoms with Crippen molar-refractivity contribution in [3.8, 4) is 11.3 Å².